The predicted octanol–water partition coefficient (Wildman–Crippen LogP) is 4.10. The van der Waals surface area contributed by atoms with Crippen molar-refractivity contribution >= 4 is 33.3 Å². The van der Waals surface area contributed by atoms with Gasteiger partial charge in [-0.05, 0) is 48.6 Å². The number of nitrogens with zero attached hydrogens (tertiary/aromatic N) is 4. The smallest absolute Gasteiger partial charge is 0.231 e. The normalized spacial score (nSPS) is 18.2. The highest BCUT2D eigenvalue weighted by molar-refractivity contribution is 7.90. The molecule has 2 aromatic carbocycles. The van der Waals surface area contributed by atoms with E-state index in [0.29, 0.717) is 29.5 Å². The Bertz CT molecular complexity index is 1330. The van der Waals surface area contributed by atoms with Gasteiger partial charge < -0.3 is 15.8 Å². The van der Waals surface area contributed by atoms with E-state index in [4.69, 9.17) is 27.3 Å². The summed E-state index contributed by atoms with van der Waals surface area (Å²) in [5.41, 5.74) is 7.76. The van der Waals surface area contributed by atoms with Crippen LogP contribution in [0.5, 0.6) is 11.5 Å². The monoisotopic (exact) mass is 526 g/mol. The minimum absolute atomic E-state index is 0.111. The zero-order chi connectivity index (χ0) is 25.7. The standard InChI is InChI=1S/C25H27ClN6O3S/c1-32(36(33,34)22(13-26)14-27)15-17-11-19(12-17)31-25-23(24(28)29-16-30-25)18-7-9-21(10-8-18)35-20-5-3-2-4-6-20/h2-10,16-17,19,22H,11-13,15H2,1H3,(H3,28,29,30,31). The molecule has 11 heteroatoms. The van der Waals surface area contributed by atoms with Crippen LogP contribution in [0.4, 0.5) is 11.6 Å². The Morgan fingerprint density at radius 1 is 1.17 bits per heavy atom. The minimum atomic E-state index is -3.75. The summed E-state index contributed by atoms with van der Waals surface area (Å²) in [7, 11) is -2.26. The molecule has 1 aliphatic carbocycles. The van der Waals surface area contributed by atoms with Gasteiger partial charge in [0.1, 0.15) is 29.5 Å². The topological polar surface area (TPSA) is 134 Å². The van der Waals surface area contributed by atoms with Gasteiger partial charge in [0.05, 0.1) is 17.5 Å². The van der Waals surface area contributed by atoms with Crippen molar-refractivity contribution in [2.24, 2.45) is 5.92 Å². The van der Waals surface area contributed by atoms with E-state index in [1.165, 1.54) is 17.7 Å². The summed E-state index contributed by atoms with van der Waals surface area (Å²) in [4.78, 5) is 8.56. The lowest BCUT2D eigenvalue weighted by Crippen LogP contribution is -2.45. The van der Waals surface area contributed by atoms with Gasteiger partial charge in [0.25, 0.3) is 0 Å². The molecule has 1 saturated carbocycles. The second-order valence-corrected chi connectivity index (χ2v) is 11.2. The number of benzene rings is 2. The number of nitrogen functional groups attached to an aromatic ring is 1. The van der Waals surface area contributed by atoms with Crippen molar-refractivity contribution in [1.29, 1.82) is 5.26 Å². The number of rotatable bonds is 10. The molecule has 1 atom stereocenters. The lowest BCUT2D eigenvalue weighted by atomic mass is 9.80. The zero-order valence-corrected chi connectivity index (χ0v) is 21.3. The Morgan fingerprint density at radius 2 is 1.83 bits per heavy atom. The lowest BCUT2D eigenvalue weighted by molar-refractivity contribution is 0.239. The van der Waals surface area contributed by atoms with E-state index < -0.39 is 15.3 Å². The number of alkyl halides is 1. The summed E-state index contributed by atoms with van der Waals surface area (Å²) in [6, 6.07) is 18.9. The maximum Gasteiger partial charge on any atom is 0.231 e. The van der Waals surface area contributed by atoms with E-state index in [9.17, 15) is 8.42 Å². The van der Waals surface area contributed by atoms with Crippen molar-refractivity contribution in [3.8, 4) is 28.7 Å². The lowest BCUT2D eigenvalue weighted by Gasteiger charge is -2.38. The van der Waals surface area contributed by atoms with Gasteiger partial charge in [0.15, 0.2) is 5.25 Å². The molecule has 1 fully saturated rings. The van der Waals surface area contributed by atoms with E-state index in [0.717, 1.165) is 24.2 Å². The van der Waals surface area contributed by atoms with Gasteiger partial charge in [-0.2, -0.15) is 5.26 Å². The molecular weight excluding hydrogens is 500 g/mol. The van der Waals surface area contributed by atoms with Gasteiger partial charge in [-0.25, -0.2) is 22.7 Å². The number of anilines is 2. The number of hydrogen-bond donors (Lipinski definition) is 2. The highest BCUT2D eigenvalue weighted by Gasteiger charge is 2.36. The van der Waals surface area contributed by atoms with Crippen LogP contribution in [0.2, 0.25) is 0 Å². The molecule has 0 saturated heterocycles. The summed E-state index contributed by atoms with van der Waals surface area (Å²) < 4.78 is 32.0. The Labute approximate surface area is 215 Å². The van der Waals surface area contributed by atoms with Crippen molar-refractivity contribution in [3.63, 3.8) is 0 Å². The number of halogens is 1. The fourth-order valence-corrected chi connectivity index (χ4v) is 5.86. The zero-order valence-electron chi connectivity index (χ0n) is 19.7. The average molecular weight is 527 g/mol. The van der Waals surface area contributed by atoms with Crippen LogP contribution >= 0.6 is 11.6 Å². The van der Waals surface area contributed by atoms with Gasteiger partial charge >= 0.3 is 0 Å². The van der Waals surface area contributed by atoms with Crippen molar-refractivity contribution in [1.82, 2.24) is 14.3 Å². The quantitative estimate of drug-likeness (QED) is 0.377. The average Bonchev–Trinajstić information content (AvgIpc) is 2.84. The molecule has 0 radical (unpaired) electrons. The van der Waals surface area contributed by atoms with Gasteiger partial charge in [0.2, 0.25) is 10.0 Å². The van der Waals surface area contributed by atoms with Gasteiger partial charge in [-0.3, -0.25) is 0 Å². The first-order valence-electron chi connectivity index (χ1n) is 11.4. The highest BCUT2D eigenvalue weighted by atomic mass is 35.5. The van der Waals surface area contributed by atoms with E-state index in [-0.39, 0.29) is 17.8 Å². The molecule has 0 bridgehead atoms. The first-order chi connectivity index (χ1) is 17.3. The predicted molar refractivity (Wildman–Crippen MR) is 140 cm³/mol. The van der Waals surface area contributed by atoms with Crippen molar-refractivity contribution in [2.75, 3.05) is 30.5 Å². The molecule has 36 heavy (non-hydrogen) atoms. The maximum absolute atomic E-state index is 12.5. The van der Waals surface area contributed by atoms with Gasteiger partial charge in [-0.15, -0.1) is 11.6 Å². The summed E-state index contributed by atoms with van der Waals surface area (Å²) in [5, 5.41) is 11.2. The van der Waals surface area contributed by atoms with Crippen LogP contribution in [-0.4, -0.2) is 53.5 Å². The van der Waals surface area contributed by atoms with Crippen LogP contribution in [0.1, 0.15) is 12.8 Å². The molecule has 3 N–H and O–H groups in total. The van der Waals surface area contributed by atoms with Crippen LogP contribution in [0, 0.1) is 17.2 Å². The summed E-state index contributed by atoms with van der Waals surface area (Å²) in [6.07, 6.45) is 2.93. The summed E-state index contributed by atoms with van der Waals surface area (Å²) >= 11 is 5.65. The van der Waals surface area contributed by atoms with Crippen molar-refractivity contribution in [3.05, 3.63) is 60.9 Å². The third-order valence-electron chi connectivity index (χ3n) is 6.17. The molecule has 188 valence electrons. The SMILES string of the molecule is CN(CC1CC(Nc2ncnc(N)c2-c2ccc(Oc3ccccc3)cc2)C1)S(=O)(=O)C(C#N)CCl. The molecule has 1 heterocycles. The Kier molecular flexibility index (Phi) is 7.94. The molecule has 0 spiro atoms. The van der Waals surface area contributed by atoms with Crippen LogP contribution in [-0.2, 0) is 10.0 Å². The van der Waals surface area contributed by atoms with E-state index in [1.807, 2.05) is 54.6 Å². The van der Waals surface area contributed by atoms with Crippen LogP contribution in [0.15, 0.2) is 60.9 Å². The molecule has 1 unspecified atom stereocenters. The summed E-state index contributed by atoms with van der Waals surface area (Å²) in [6.45, 7) is 0.331. The fourth-order valence-electron chi connectivity index (χ4n) is 4.17. The molecule has 4 rings (SSSR count). The number of ether oxygens (including phenoxy) is 1. The van der Waals surface area contributed by atoms with Gasteiger partial charge in [-0.1, -0.05) is 30.3 Å². The Morgan fingerprint density at radius 3 is 2.47 bits per heavy atom. The second kappa shape index (κ2) is 11.1. The highest BCUT2D eigenvalue weighted by Crippen LogP contribution is 2.36. The first kappa shape index (κ1) is 25.7. The number of hydrogen-bond acceptors (Lipinski definition) is 8. The number of nitriles is 1. The van der Waals surface area contributed by atoms with Crippen molar-refractivity contribution < 1.29 is 13.2 Å². The van der Waals surface area contributed by atoms with E-state index in [1.54, 1.807) is 6.07 Å². The fraction of sp³-hybridized carbons (Fsp3) is 0.320. The molecule has 0 aliphatic heterocycles. The largest absolute Gasteiger partial charge is 0.457 e. The third-order valence-corrected chi connectivity index (χ3v) is 8.67. The van der Waals surface area contributed by atoms with Crippen LogP contribution < -0.4 is 15.8 Å². The molecule has 1 aliphatic rings. The Balaban J connectivity index is 1.40. The second-order valence-electron chi connectivity index (χ2n) is 8.70. The number of sulfonamides is 1. The van der Waals surface area contributed by atoms with Crippen molar-refractivity contribution in [2.45, 2.75) is 24.1 Å². The molecular formula is C25H27ClN6O3S. The Hall–Kier alpha value is -3.39. The van der Waals surface area contributed by atoms with E-state index >= 15 is 0 Å². The molecule has 1 aromatic heterocycles. The van der Waals surface area contributed by atoms with Crippen LogP contribution in [0.25, 0.3) is 11.1 Å². The number of para-hydroxylation sites is 1. The number of aromatic nitrogens is 2. The maximum atomic E-state index is 12.5. The molecule has 3 aromatic rings. The van der Waals surface area contributed by atoms with Crippen LogP contribution in [0.3, 0.4) is 0 Å². The van der Waals surface area contributed by atoms with E-state index in [2.05, 4.69) is 15.3 Å². The minimum Gasteiger partial charge on any atom is -0.457 e. The number of nitrogens with two attached hydrogens (primary N) is 1. The number of nitrogens with one attached hydrogen (secondary N) is 1. The third kappa shape index (κ3) is 5.70. The van der Waals surface area contributed by atoms with Gasteiger partial charge in [0, 0.05) is 19.6 Å². The first-order valence-corrected chi connectivity index (χ1v) is 13.5. The molecule has 9 nitrogen and oxygen atoms in total. The molecule has 0 amide bonds. The summed E-state index contributed by atoms with van der Waals surface area (Å²) in [5.74, 6) is 2.33.